The van der Waals surface area contributed by atoms with Crippen LogP contribution in [0, 0.1) is 12.7 Å². The second kappa shape index (κ2) is 9.91. The highest BCUT2D eigenvalue weighted by atomic mass is 19.1. The molecule has 1 fully saturated rings. The molecule has 184 valence electrons. The Morgan fingerprint density at radius 1 is 1.08 bits per heavy atom. The molecule has 1 aliphatic rings. The molecule has 8 heteroatoms. The normalized spacial score (nSPS) is 13.6. The summed E-state index contributed by atoms with van der Waals surface area (Å²) in [4.78, 5) is 25.9. The maximum atomic E-state index is 14.2. The molecule has 0 saturated carbocycles. The van der Waals surface area contributed by atoms with Gasteiger partial charge in [0.2, 0.25) is 0 Å². The van der Waals surface area contributed by atoms with Crippen molar-refractivity contribution in [3.05, 3.63) is 77.7 Å². The summed E-state index contributed by atoms with van der Waals surface area (Å²) in [6.07, 6.45) is 1.71. The summed E-state index contributed by atoms with van der Waals surface area (Å²) in [5.74, 6) is -0.439. The molecule has 5 rings (SSSR count). The molecule has 1 saturated heterocycles. The smallest absolute Gasteiger partial charge is 0.253 e. The zero-order valence-electron chi connectivity index (χ0n) is 20.6. The zero-order valence-corrected chi connectivity index (χ0v) is 20.6. The maximum Gasteiger partial charge on any atom is 0.253 e. The van der Waals surface area contributed by atoms with Gasteiger partial charge in [0.15, 0.2) is 0 Å². The second-order valence-corrected chi connectivity index (χ2v) is 9.03. The molecule has 0 atom stereocenters. The Balaban J connectivity index is 1.66. The third-order valence-electron chi connectivity index (χ3n) is 6.32. The van der Waals surface area contributed by atoms with E-state index in [1.165, 1.54) is 12.1 Å². The summed E-state index contributed by atoms with van der Waals surface area (Å²) in [6.45, 7) is 4.75. The molecule has 1 N–H and O–H groups in total. The van der Waals surface area contributed by atoms with Crippen LogP contribution in [0.15, 0.2) is 60.8 Å². The highest BCUT2D eigenvalue weighted by molar-refractivity contribution is 5.99. The maximum absolute atomic E-state index is 14.2. The quantitative estimate of drug-likeness (QED) is 0.428. The van der Waals surface area contributed by atoms with Crippen LogP contribution in [0.1, 0.15) is 15.9 Å². The van der Waals surface area contributed by atoms with Gasteiger partial charge in [-0.2, -0.15) is 0 Å². The number of nitrogens with zero attached hydrogens (tertiary/aromatic N) is 4. The minimum atomic E-state index is -0.357. The van der Waals surface area contributed by atoms with Crippen LogP contribution in [0.2, 0.25) is 0 Å². The standard InChI is InChI=1S/C28H28FN5O2/c1-18-26(23-8-7-20(29)16-25(23)32-27(18)24-6-4-5-9-30-24)31-21-14-19(28(35)33(2)3)15-22(17-21)34-10-12-36-13-11-34/h4-9,14-17H,10-13H2,1-3H3,(H,31,32). The molecule has 36 heavy (non-hydrogen) atoms. The second-order valence-electron chi connectivity index (χ2n) is 9.03. The summed E-state index contributed by atoms with van der Waals surface area (Å²) in [5, 5.41) is 4.32. The van der Waals surface area contributed by atoms with Crippen LogP contribution in [-0.2, 0) is 4.74 Å². The Kier molecular flexibility index (Phi) is 6.52. The number of aromatic nitrogens is 2. The Bertz CT molecular complexity index is 1420. The summed E-state index contributed by atoms with van der Waals surface area (Å²) in [5.41, 5.74) is 5.86. The van der Waals surface area contributed by atoms with Crippen LogP contribution in [0.25, 0.3) is 22.3 Å². The highest BCUT2D eigenvalue weighted by Crippen LogP contribution is 2.36. The van der Waals surface area contributed by atoms with Crippen LogP contribution in [0.3, 0.4) is 0 Å². The lowest BCUT2D eigenvalue weighted by molar-refractivity contribution is 0.0827. The Morgan fingerprint density at radius 2 is 1.89 bits per heavy atom. The van der Waals surface area contributed by atoms with Gasteiger partial charge >= 0.3 is 0 Å². The molecule has 0 spiro atoms. The van der Waals surface area contributed by atoms with Gasteiger partial charge in [-0.05, 0) is 49.4 Å². The SMILES string of the molecule is Cc1c(-c2ccccn2)nc2cc(F)ccc2c1Nc1cc(C(=O)N(C)C)cc(N2CCOCC2)c1. The number of hydrogen-bond acceptors (Lipinski definition) is 6. The molecule has 0 bridgehead atoms. The van der Waals surface area contributed by atoms with E-state index in [0.717, 1.165) is 41.1 Å². The van der Waals surface area contributed by atoms with Gasteiger partial charge in [0.05, 0.1) is 35.8 Å². The van der Waals surface area contributed by atoms with Crippen molar-refractivity contribution in [2.24, 2.45) is 0 Å². The van der Waals surface area contributed by atoms with Gasteiger partial charge in [0, 0.05) is 67.3 Å². The number of hydrogen-bond donors (Lipinski definition) is 1. The van der Waals surface area contributed by atoms with E-state index in [9.17, 15) is 9.18 Å². The van der Waals surface area contributed by atoms with Gasteiger partial charge < -0.3 is 19.9 Å². The Morgan fingerprint density at radius 3 is 2.61 bits per heavy atom. The molecule has 0 unspecified atom stereocenters. The first-order valence-corrected chi connectivity index (χ1v) is 11.9. The van der Waals surface area contributed by atoms with Crippen molar-refractivity contribution < 1.29 is 13.9 Å². The molecule has 1 aliphatic heterocycles. The summed E-state index contributed by atoms with van der Waals surface area (Å²) in [7, 11) is 3.48. The van der Waals surface area contributed by atoms with Crippen molar-refractivity contribution in [1.29, 1.82) is 0 Å². The first-order valence-electron chi connectivity index (χ1n) is 11.9. The Hall–Kier alpha value is -4.04. The number of nitrogens with one attached hydrogen (secondary N) is 1. The van der Waals surface area contributed by atoms with Gasteiger partial charge in [-0.15, -0.1) is 0 Å². The van der Waals surface area contributed by atoms with Crippen molar-refractivity contribution in [2.75, 3.05) is 50.6 Å². The van der Waals surface area contributed by atoms with Crippen molar-refractivity contribution in [3.8, 4) is 11.4 Å². The van der Waals surface area contributed by atoms with Crippen molar-refractivity contribution >= 4 is 33.9 Å². The fourth-order valence-corrected chi connectivity index (χ4v) is 4.46. The molecule has 7 nitrogen and oxygen atoms in total. The number of halogens is 1. The number of benzene rings is 2. The number of pyridine rings is 2. The summed E-state index contributed by atoms with van der Waals surface area (Å²) < 4.78 is 19.7. The van der Waals surface area contributed by atoms with E-state index >= 15 is 0 Å². The van der Waals surface area contributed by atoms with E-state index in [1.807, 2.05) is 43.3 Å². The number of ether oxygens (including phenoxy) is 1. The van der Waals surface area contributed by atoms with Crippen LogP contribution >= 0.6 is 0 Å². The largest absolute Gasteiger partial charge is 0.378 e. The zero-order chi connectivity index (χ0) is 25.2. The lowest BCUT2D eigenvalue weighted by Crippen LogP contribution is -2.36. The van der Waals surface area contributed by atoms with Gasteiger partial charge in [0.25, 0.3) is 5.91 Å². The average Bonchev–Trinajstić information content (AvgIpc) is 2.90. The number of amides is 1. The number of carbonyl (C=O) groups is 1. The first kappa shape index (κ1) is 23.7. The molecule has 0 radical (unpaired) electrons. The minimum Gasteiger partial charge on any atom is -0.378 e. The van der Waals surface area contributed by atoms with Gasteiger partial charge in [-0.1, -0.05) is 6.07 Å². The van der Waals surface area contributed by atoms with E-state index in [-0.39, 0.29) is 11.7 Å². The van der Waals surface area contributed by atoms with Crippen molar-refractivity contribution in [3.63, 3.8) is 0 Å². The fourth-order valence-electron chi connectivity index (χ4n) is 4.46. The van der Waals surface area contributed by atoms with E-state index < -0.39 is 0 Å². The van der Waals surface area contributed by atoms with Gasteiger partial charge in [-0.25, -0.2) is 9.37 Å². The Labute approximate surface area is 209 Å². The number of rotatable bonds is 5. The first-order chi connectivity index (χ1) is 17.4. The van der Waals surface area contributed by atoms with E-state index in [2.05, 4.69) is 15.2 Å². The van der Waals surface area contributed by atoms with E-state index in [0.29, 0.717) is 35.7 Å². The van der Waals surface area contributed by atoms with Crippen LogP contribution < -0.4 is 10.2 Å². The van der Waals surface area contributed by atoms with Crippen molar-refractivity contribution in [1.82, 2.24) is 14.9 Å². The van der Waals surface area contributed by atoms with Crippen LogP contribution in [-0.4, -0.2) is 61.2 Å². The molecular weight excluding hydrogens is 457 g/mol. The minimum absolute atomic E-state index is 0.0827. The van der Waals surface area contributed by atoms with Crippen molar-refractivity contribution in [2.45, 2.75) is 6.92 Å². The molecule has 4 aromatic rings. The predicted molar refractivity (Wildman–Crippen MR) is 140 cm³/mol. The van der Waals surface area contributed by atoms with Gasteiger partial charge in [0.1, 0.15) is 5.82 Å². The predicted octanol–water partition coefficient (Wildman–Crippen LogP) is 5.03. The molecule has 2 aromatic carbocycles. The van der Waals surface area contributed by atoms with E-state index in [4.69, 9.17) is 9.72 Å². The lowest BCUT2D eigenvalue weighted by Gasteiger charge is -2.30. The van der Waals surface area contributed by atoms with Gasteiger partial charge in [-0.3, -0.25) is 9.78 Å². The fraction of sp³-hybridized carbons (Fsp3) is 0.250. The third-order valence-corrected chi connectivity index (χ3v) is 6.32. The lowest BCUT2D eigenvalue weighted by atomic mass is 10.0. The third kappa shape index (κ3) is 4.72. The monoisotopic (exact) mass is 485 g/mol. The van der Waals surface area contributed by atoms with Crippen LogP contribution in [0.4, 0.5) is 21.5 Å². The summed E-state index contributed by atoms with van der Waals surface area (Å²) in [6, 6.07) is 16.0. The average molecular weight is 486 g/mol. The van der Waals surface area contributed by atoms with E-state index in [1.54, 1.807) is 31.3 Å². The number of fused-ring (bicyclic) bond motifs is 1. The number of carbonyl (C=O) groups excluding carboxylic acids is 1. The molecule has 1 amide bonds. The molecule has 2 aromatic heterocycles. The molecular formula is C28H28FN5O2. The summed E-state index contributed by atoms with van der Waals surface area (Å²) >= 11 is 0. The van der Waals surface area contributed by atoms with Crippen LogP contribution in [0.5, 0.6) is 0 Å². The highest BCUT2D eigenvalue weighted by Gasteiger charge is 2.19. The number of morpholine rings is 1. The molecule has 0 aliphatic carbocycles. The topological polar surface area (TPSA) is 70.6 Å². The molecule has 3 heterocycles. The number of anilines is 3.